The molecule has 2 aromatic carbocycles. The number of amides is 1. The van der Waals surface area contributed by atoms with E-state index in [1.807, 2.05) is 36.4 Å². The first kappa shape index (κ1) is 23.2. The molecular formula is C24H24N2O5S2. The minimum Gasteiger partial charge on any atom is -0.465 e. The van der Waals surface area contributed by atoms with Crippen LogP contribution in [0, 0.1) is 0 Å². The highest BCUT2D eigenvalue weighted by molar-refractivity contribution is 7.91. The van der Waals surface area contributed by atoms with E-state index >= 15 is 0 Å². The van der Waals surface area contributed by atoms with E-state index in [2.05, 4.69) is 4.72 Å². The summed E-state index contributed by atoms with van der Waals surface area (Å²) in [6, 6.07) is 18.5. The highest BCUT2D eigenvalue weighted by atomic mass is 32.2. The molecule has 0 fully saturated rings. The molecule has 2 heterocycles. The smallest absolute Gasteiger partial charge is 0.340 e. The second-order valence-electron chi connectivity index (χ2n) is 7.63. The fourth-order valence-electron chi connectivity index (χ4n) is 3.85. The van der Waals surface area contributed by atoms with Gasteiger partial charge in [0, 0.05) is 23.5 Å². The van der Waals surface area contributed by atoms with Gasteiger partial charge in [-0.15, -0.1) is 11.3 Å². The standard InChI is InChI=1S/C24H24N2O5S2/c1-31-23(28)21-19-13-15-26(22(27)18-10-6-3-7-11-18)16-20(19)32-24(21)33(29,30)25-14-12-17-8-4-2-5-9-17/h2-11,25H,12-16H2,1H3. The third kappa shape index (κ3) is 5.00. The Hall–Kier alpha value is -3.01. The van der Waals surface area contributed by atoms with Gasteiger partial charge in [-0.3, -0.25) is 4.79 Å². The summed E-state index contributed by atoms with van der Waals surface area (Å²) in [5, 5.41) is 0. The number of thiophene rings is 1. The maximum Gasteiger partial charge on any atom is 0.340 e. The third-order valence-corrected chi connectivity index (χ3v) is 8.71. The second-order valence-corrected chi connectivity index (χ2v) is 10.7. The minimum atomic E-state index is -3.94. The molecule has 3 aromatic rings. The summed E-state index contributed by atoms with van der Waals surface area (Å²) in [5.41, 5.74) is 2.30. The molecule has 172 valence electrons. The van der Waals surface area contributed by atoms with Gasteiger partial charge in [-0.1, -0.05) is 48.5 Å². The highest BCUT2D eigenvalue weighted by Crippen LogP contribution is 2.37. The van der Waals surface area contributed by atoms with E-state index in [0.717, 1.165) is 16.9 Å². The van der Waals surface area contributed by atoms with Crippen LogP contribution in [0.4, 0.5) is 0 Å². The molecular weight excluding hydrogens is 460 g/mol. The van der Waals surface area contributed by atoms with E-state index in [9.17, 15) is 18.0 Å². The Kier molecular flexibility index (Phi) is 6.92. The summed E-state index contributed by atoms with van der Waals surface area (Å²) in [6.45, 7) is 0.841. The molecule has 0 saturated carbocycles. The van der Waals surface area contributed by atoms with Crippen LogP contribution in [0.25, 0.3) is 0 Å². The highest BCUT2D eigenvalue weighted by Gasteiger charge is 2.35. The van der Waals surface area contributed by atoms with Crippen molar-refractivity contribution in [2.75, 3.05) is 20.2 Å². The summed E-state index contributed by atoms with van der Waals surface area (Å²) < 4.78 is 33.7. The topological polar surface area (TPSA) is 92.8 Å². The molecule has 0 spiro atoms. The molecule has 0 saturated heterocycles. The molecule has 1 aromatic heterocycles. The van der Waals surface area contributed by atoms with Crippen LogP contribution in [0.15, 0.2) is 64.9 Å². The first-order chi connectivity index (χ1) is 15.9. The molecule has 1 N–H and O–H groups in total. The molecule has 7 nitrogen and oxygen atoms in total. The van der Waals surface area contributed by atoms with Crippen molar-refractivity contribution in [2.45, 2.75) is 23.6 Å². The van der Waals surface area contributed by atoms with Crippen LogP contribution in [0.3, 0.4) is 0 Å². The molecule has 33 heavy (non-hydrogen) atoms. The van der Waals surface area contributed by atoms with Crippen LogP contribution in [-0.2, 0) is 34.1 Å². The third-order valence-electron chi connectivity index (χ3n) is 5.51. The summed E-state index contributed by atoms with van der Waals surface area (Å²) in [6.07, 6.45) is 0.909. The zero-order valence-electron chi connectivity index (χ0n) is 18.1. The van der Waals surface area contributed by atoms with E-state index < -0.39 is 16.0 Å². The van der Waals surface area contributed by atoms with E-state index in [1.54, 1.807) is 29.2 Å². The van der Waals surface area contributed by atoms with Gasteiger partial charge in [0.15, 0.2) is 0 Å². The molecule has 0 atom stereocenters. The Bertz CT molecular complexity index is 1250. The van der Waals surface area contributed by atoms with E-state index in [1.165, 1.54) is 7.11 Å². The van der Waals surface area contributed by atoms with Crippen LogP contribution in [0.2, 0.25) is 0 Å². The predicted molar refractivity (Wildman–Crippen MR) is 126 cm³/mol. The number of hydrogen-bond acceptors (Lipinski definition) is 6. The molecule has 9 heteroatoms. The zero-order chi connectivity index (χ0) is 23.4. The summed E-state index contributed by atoms with van der Waals surface area (Å²) in [5.74, 6) is -0.807. The number of fused-ring (bicyclic) bond motifs is 1. The summed E-state index contributed by atoms with van der Waals surface area (Å²) in [4.78, 5) is 27.8. The SMILES string of the molecule is COC(=O)c1c(S(=O)(=O)NCCc2ccccc2)sc2c1CCN(C(=O)c1ccccc1)C2. The van der Waals surface area contributed by atoms with Crippen molar-refractivity contribution >= 4 is 33.2 Å². The van der Waals surface area contributed by atoms with Crippen LogP contribution < -0.4 is 4.72 Å². The normalized spacial score (nSPS) is 13.4. The Morgan fingerprint density at radius 1 is 1.06 bits per heavy atom. The lowest BCUT2D eigenvalue weighted by atomic mass is 10.0. The number of esters is 1. The molecule has 1 aliphatic rings. The number of benzene rings is 2. The number of nitrogens with one attached hydrogen (secondary N) is 1. The molecule has 0 unspecified atom stereocenters. The van der Waals surface area contributed by atoms with Crippen molar-refractivity contribution in [2.24, 2.45) is 0 Å². The average Bonchev–Trinajstić information content (AvgIpc) is 3.24. The number of rotatable bonds is 7. The number of carbonyl (C=O) groups excluding carboxylic acids is 2. The van der Waals surface area contributed by atoms with E-state index in [-0.39, 0.29) is 28.8 Å². The quantitative estimate of drug-likeness (QED) is 0.520. The first-order valence-electron chi connectivity index (χ1n) is 10.5. The fraction of sp³-hybridized carbons (Fsp3) is 0.250. The van der Waals surface area contributed by atoms with Gasteiger partial charge in [-0.05, 0) is 36.1 Å². The van der Waals surface area contributed by atoms with Crippen molar-refractivity contribution in [3.63, 3.8) is 0 Å². The van der Waals surface area contributed by atoms with E-state index in [4.69, 9.17) is 4.74 Å². The molecule has 4 rings (SSSR count). The van der Waals surface area contributed by atoms with Gasteiger partial charge in [0.1, 0.15) is 4.21 Å². The van der Waals surface area contributed by atoms with Gasteiger partial charge < -0.3 is 9.64 Å². The number of ether oxygens (including phenoxy) is 1. The second kappa shape index (κ2) is 9.86. The number of methoxy groups -OCH3 is 1. The number of hydrogen-bond donors (Lipinski definition) is 1. The zero-order valence-corrected chi connectivity index (χ0v) is 19.7. The monoisotopic (exact) mass is 484 g/mol. The first-order valence-corrected chi connectivity index (χ1v) is 12.8. The maximum atomic E-state index is 13.1. The largest absolute Gasteiger partial charge is 0.465 e. The summed E-state index contributed by atoms with van der Waals surface area (Å²) >= 11 is 1.03. The lowest BCUT2D eigenvalue weighted by Crippen LogP contribution is -2.35. The molecule has 1 aliphatic heterocycles. The molecule has 0 radical (unpaired) electrons. The minimum absolute atomic E-state index is 0.0542. The van der Waals surface area contributed by atoms with Gasteiger partial charge in [0.25, 0.3) is 15.9 Å². The lowest BCUT2D eigenvalue weighted by Gasteiger charge is -2.27. The Labute approximate surface area is 197 Å². The molecule has 0 aliphatic carbocycles. The Morgan fingerprint density at radius 2 is 1.73 bits per heavy atom. The van der Waals surface area contributed by atoms with Crippen LogP contribution in [0.5, 0.6) is 0 Å². The van der Waals surface area contributed by atoms with Gasteiger partial charge in [-0.2, -0.15) is 0 Å². The molecule has 0 bridgehead atoms. The number of sulfonamides is 1. The Balaban J connectivity index is 1.58. The molecule has 1 amide bonds. The van der Waals surface area contributed by atoms with Gasteiger partial charge in [0.05, 0.1) is 19.2 Å². The summed E-state index contributed by atoms with van der Waals surface area (Å²) in [7, 11) is -2.70. The van der Waals surface area contributed by atoms with Crippen molar-refractivity contribution < 1.29 is 22.7 Å². The van der Waals surface area contributed by atoms with Gasteiger partial charge in [-0.25, -0.2) is 17.9 Å². The van der Waals surface area contributed by atoms with E-state index in [0.29, 0.717) is 35.4 Å². The fourth-order valence-corrected chi connectivity index (χ4v) is 6.83. The van der Waals surface area contributed by atoms with Crippen LogP contribution >= 0.6 is 11.3 Å². The van der Waals surface area contributed by atoms with Crippen LogP contribution in [0.1, 0.15) is 36.7 Å². The number of carbonyl (C=O) groups is 2. The predicted octanol–water partition coefficient (Wildman–Crippen LogP) is 3.25. The van der Waals surface area contributed by atoms with Gasteiger partial charge in [0.2, 0.25) is 0 Å². The number of nitrogens with zero attached hydrogens (tertiary/aromatic N) is 1. The average molecular weight is 485 g/mol. The lowest BCUT2D eigenvalue weighted by molar-refractivity contribution is 0.0595. The van der Waals surface area contributed by atoms with Gasteiger partial charge >= 0.3 is 5.97 Å². The van der Waals surface area contributed by atoms with Crippen molar-refractivity contribution in [3.05, 3.63) is 87.8 Å². The Morgan fingerprint density at radius 3 is 2.39 bits per heavy atom. The maximum absolute atomic E-state index is 13.1. The van der Waals surface area contributed by atoms with Crippen molar-refractivity contribution in [1.82, 2.24) is 9.62 Å². The van der Waals surface area contributed by atoms with Crippen molar-refractivity contribution in [3.8, 4) is 0 Å². The van der Waals surface area contributed by atoms with Crippen molar-refractivity contribution in [1.29, 1.82) is 0 Å². The van der Waals surface area contributed by atoms with Crippen LogP contribution in [-0.4, -0.2) is 45.4 Å².